The molecular weight excluding hydrogens is 362 g/mol. The average molecular weight is 388 g/mol. The van der Waals surface area contributed by atoms with Gasteiger partial charge in [0.15, 0.2) is 5.78 Å². The number of hydrogen-bond donors (Lipinski definition) is 3. The first-order valence-electron chi connectivity index (χ1n) is 9.52. The van der Waals surface area contributed by atoms with E-state index in [1.54, 1.807) is 35.6 Å². The number of benzene rings is 1. The second kappa shape index (κ2) is 7.62. The number of aromatic hydroxyl groups is 1. The normalized spacial score (nSPS) is 27.6. The molecule has 4 rings (SSSR count). The quantitative estimate of drug-likeness (QED) is 0.735. The predicted molar refractivity (Wildman–Crippen MR) is 105 cm³/mol. The van der Waals surface area contributed by atoms with E-state index in [4.69, 9.17) is 4.74 Å². The van der Waals surface area contributed by atoms with E-state index in [1.807, 2.05) is 13.0 Å². The molecule has 0 aliphatic heterocycles. The van der Waals surface area contributed by atoms with E-state index in [0.29, 0.717) is 12.3 Å². The molecule has 2 aliphatic rings. The number of ether oxygens (including phenoxy) is 1. The van der Waals surface area contributed by atoms with E-state index in [0.717, 1.165) is 31.2 Å². The van der Waals surface area contributed by atoms with Crippen LogP contribution in [0.5, 0.6) is 11.5 Å². The molecule has 1 aromatic carbocycles. The van der Waals surface area contributed by atoms with Crippen molar-refractivity contribution in [1.29, 1.82) is 0 Å². The summed E-state index contributed by atoms with van der Waals surface area (Å²) >= 11 is 1.73. The number of aliphatic hydroxyl groups is 1. The van der Waals surface area contributed by atoms with Gasteiger partial charge in [0.2, 0.25) is 0 Å². The maximum Gasteiger partial charge on any atom is 0.168 e. The number of carbonyl (C=O) groups is 1. The number of aliphatic hydroxyl groups excluding tert-OH is 1. The van der Waals surface area contributed by atoms with Crippen LogP contribution in [-0.2, 0) is 6.42 Å². The Labute approximate surface area is 163 Å². The lowest BCUT2D eigenvalue weighted by Crippen LogP contribution is -2.44. The monoisotopic (exact) mass is 387 g/mol. The Balaban J connectivity index is 1.32. The van der Waals surface area contributed by atoms with Gasteiger partial charge in [-0.1, -0.05) is 6.07 Å². The Morgan fingerprint density at radius 3 is 2.93 bits per heavy atom. The molecule has 1 heterocycles. The highest BCUT2D eigenvalue weighted by atomic mass is 32.1. The summed E-state index contributed by atoms with van der Waals surface area (Å²) in [6.07, 6.45) is 2.42. The van der Waals surface area contributed by atoms with Gasteiger partial charge in [0.25, 0.3) is 0 Å². The molecule has 0 spiro atoms. The van der Waals surface area contributed by atoms with E-state index in [2.05, 4.69) is 5.32 Å². The van der Waals surface area contributed by atoms with Gasteiger partial charge >= 0.3 is 0 Å². The van der Waals surface area contributed by atoms with E-state index < -0.39 is 6.10 Å². The fourth-order valence-electron chi connectivity index (χ4n) is 4.13. The molecule has 0 bridgehead atoms. The summed E-state index contributed by atoms with van der Waals surface area (Å²) in [5, 5.41) is 23.5. The van der Waals surface area contributed by atoms with E-state index in [-0.39, 0.29) is 29.6 Å². The highest BCUT2D eigenvalue weighted by molar-refractivity contribution is 7.12. The zero-order valence-electron chi connectivity index (χ0n) is 15.4. The van der Waals surface area contributed by atoms with Crippen LogP contribution < -0.4 is 10.1 Å². The standard InChI is InChI=1S/C21H25NO4S/c1-12-9-16-19(27-12)8-5-13(20(16)24)11-22-17-6-7-18(21(17)25)26-15-4-2-3-14(23)10-15/h2-4,9-10,13,17-18,21-23,25H,5-8,11H2,1H3/t13?,17-,18-,21-/m1/s1. The SMILES string of the molecule is Cc1cc2c(s1)CCC(CN[C@@H]1CC[C@@H](Oc3cccc(O)c3)[C@@H]1O)C2=O. The van der Waals surface area contributed by atoms with E-state index >= 15 is 0 Å². The molecule has 0 amide bonds. The second-order valence-electron chi connectivity index (χ2n) is 7.53. The molecule has 2 aromatic rings. The Hall–Kier alpha value is -1.89. The number of phenolic OH excluding ortho intramolecular Hbond substituents is 1. The van der Waals surface area contributed by atoms with Crippen molar-refractivity contribution < 1.29 is 19.7 Å². The molecule has 4 atom stereocenters. The number of carbonyl (C=O) groups excluding carboxylic acids is 1. The van der Waals surface area contributed by atoms with Gasteiger partial charge in [-0.05, 0) is 50.8 Å². The number of nitrogens with one attached hydrogen (secondary N) is 1. The molecule has 6 heteroatoms. The summed E-state index contributed by atoms with van der Waals surface area (Å²) in [7, 11) is 0. The molecule has 1 unspecified atom stereocenters. The highest BCUT2D eigenvalue weighted by Gasteiger charge is 2.37. The van der Waals surface area contributed by atoms with Crippen LogP contribution in [-0.4, -0.2) is 40.8 Å². The van der Waals surface area contributed by atoms with Crippen molar-refractivity contribution >= 4 is 17.1 Å². The molecule has 5 nitrogen and oxygen atoms in total. The lowest BCUT2D eigenvalue weighted by atomic mass is 9.87. The molecule has 0 saturated heterocycles. The number of thiophene rings is 1. The minimum absolute atomic E-state index is 0.0234. The Bertz CT molecular complexity index is 833. The van der Waals surface area contributed by atoms with Gasteiger partial charge in [-0.25, -0.2) is 0 Å². The molecule has 2 aliphatic carbocycles. The third-order valence-corrected chi connectivity index (χ3v) is 6.69. The van der Waals surface area contributed by atoms with Crippen molar-refractivity contribution in [2.45, 2.75) is 50.9 Å². The Morgan fingerprint density at radius 2 is 2.11 bits per heavy atom. The summed E-state index contributed by atoms with van der Waals surface area (Å²) < 4.78 is 5.85. The highest BCUT2D eigenvalue weighted by Crippen LogP contribution is 2.32. The van der Waals surface area contributed by atoms with Gasteiger partial charge < -0.3 is 20.3 Å². The third kappa shape index (κ3) is 3.88. The molecule has 144 valence electrons. The van der Waals surface area contributed by atoms with Gasteiger partial charge in [-0.3, -0.25) is 4.79 Å². The molecule has 0 radical (unpaired) electrons. The van der Waals surface area contributed by atoms with Gasteiger partial charge in [-0.2, -0.15) is 0 Å². The van der Waals surface area contributed by atoms with Crippen molar-refractivity contribution in [3.8, 4) is 11.5 Å². The number of Topliss-reactive ketones (excluding diaryl/α,β-unsaturated/α-hetero) is 1. The fourth-order valence-corrected chi connectivity index (χ4v) is 5.18. The van der Waals surface area contributed by atoms with Crippen molar-refractivity contribution in [1.82, 2.24) is 5.32 Å². The van der Waals surface area contributed by atoms with Crippen LogP contribution in [0.1, 0.15) is 39.4 Å². The molecule has 1 fully saturated rings. The topological polar surface area (TPSA) is 78.8 Å². The van der Waals surface area contributed by atoms with Crippen LogP contribution in [0.25, 0.3) is 0 Å². The van der Waals surface area contributed by atoms with Crippen molar-refractivity contribution in [2.24, 2.45) is 5.92 Å². The Morgan fingerprint density at radius 1 is 1.26 bits per heavy atom. The molecule has 1 saturated carbocycles. The fraction of sp³-hybridized carbons (Fsp3) is 0.476. The van der Waals surface area contributed by atoms with Crippen molar-refractivity contribution in [2.75, 3.05) is 6.54 Å². The smallest absolute Gasteiger partial charge is 0.168 e. The molecule has 27 heavy (non-hydrogen) atoms. The first-order chi connectivity index (χ1) is 13.0. The number of ketones is 1. The van der Waals surface area contributed by atoms with Crippen LogP contribution in [0.3, 0.4) is 0 Å². The van der Waals surface area contributed by atoms with E-state index in [9.17, 15) is 15.0 Å². The number of hydrogen-bond acceptors (Lipinski definition) is 6. The summed E-state index contributed by atoms with van der Waals surface area (Å²) in [6, 6.07) is 8.56. The van der Waals surface area contributed by atoms with Gasteiger partial charge in [0, 0.05) is 39.9 Å². The van der Waals surface area contributed by atoms with Gasteiger partial charge in [-0.15, -0.1) is 11.3 Å². The molecule has 1 aromatic heterocycles. The number of phenols is 1. The predicted octanol–water partition coefficient (Wildman–Crippen LogP) is 3.07. The maximum absolute atomic E-state index is 12.7. The van der Waals surface area contributed by atoms with Crippen molar-refractivity contribution in [3.05, 3.63) is 45.6 Å². The second-order valence-corrected chi connectivity index (χ2v) is 8.87. The zero-order chi connectivity index (χ0) is 19.0. The number of fused-ring (bicyclic) bond motifs is 1. The third-order valence-electron chi connectivity index (χ3n) is 5.58. The van der Waals surface area contributed by atoms with Crippen LogP contribution in [0.2, 0.25) is 0 Å². The minimum Gasteiger partial charge on any atom is -0.508 e. The van der Waals surface area contributed by atoms with Crippen LogP contribution in [0, 0.1) is 12.8 Å². The van der Waals surface area contributed by atoms with Gasteiger partial charge in [0.05, 0.1) is 0 Å². The van der Waals surface area contributed by atoms with E-state index in [1.165, 1.54) is 9.75 Å². The van der Waals surface area contributed by atoms with Crippen LogP contribution in [0.15, 0.2) is 30.3 Å². The largest absolute Gasteiger partial charge is 0.508 e. The van der Waals surface area contributed by atoms with Gasteiger partial charge in [0.1, 0.15) is 23.7 Å². The molecular formula is C21H25NO4S. The number of aryl methyl sites for hydroxylation is 2. The first-order valence-corrected chi connectivity index (χ1v) is 10.3. The molecule has 3 N–H and O–H groups in total. The summed E-state index contributed by atoms with van der Waals surface area (Å²) in [5.41, 5.74) is 0.896. The summed E-state index contributed by atoms with van der Waals surface area (Å²) in [6.45, 7) is 2.64. The summed E-state index contributed by atoms with van der Waals surface area (Å²) in [4.78, 5) is 15.1. The minimum atomic E-state index is -0.634. The lowest BCUT2D eigenvalue weighted by molar-refractivity contribution is 0.0440. The van der Waals surface area contributed by atoms with Crippen LogP contribution in [0.4, 0.5) is 0 Å². The van der Waals surface area contributed by atoms with Crippen molar-refractivity contribution in [3.63, 3.8) is 0 Å². The number of rotatable bonds is 5. The lowest BCUT2D eigenvalue weighted by Gasteiger charge is -2.25. The maximum atomic E-state index is 12.7. The van der Waals surface area contributed by atoms with Crippen LogP contribution >= 0.6 is 11.3 Å². The zero-order valence-corrected chi connectivity index (χ0v) is 16.2. The summed E-state index contributed by atoms with van der Waals surface area (Å²) in [5.74, 6) is 0.911. The first kappa shape index (κ1) is 18.5. The Kier molecular flexibility index (Phi) is 5.21. The average Bonchev–Trinajstić information content (AvgIpc) is 3.18.